The van der Waals surface area contributed by atoms with Crippen molar-refractivity contribution >= 4 is 40.2 Å². The van der Waals surface area contributed by atoms with Crippen molar-refractivity contribution in [1.82, 2.24) is 0 Å². The summed E-state index contributed by atoms with van der Waals surface area (Å²) < 4.78 is 5.66. The highest BCUT2D eigenvalue weighted by atomic mass is 35.5. The summed E-state index contributed by atoms with van der Waals surface area (Å²) in [6, 6.07) is 14.8. The maximum absolute atomic E-state index is 11.9. The van der Waals surface area contributed by atoms with Crippen LogP contribution in [0.25, 0.3) is 17.0 Å². The summed E-state index contributed by atoms with van der Waals surface area (Å²) in [4.78, 5) is 11.9. The van der Waals surface area contributed by atoms with Crippen LogP contribution in [0.1, 0.15) is 11.3 Å². The Morgan fingerprint density at radius 2 is 1.91 bits per heavy atom. The molecule has 4 heteroatoms. The van der Waals surface area contributed by atoms with Crippen molar-refractivity contribution < 1.29 is 9.21 Å². The van der Waals surface area contributed by atoms with Gasteiger partial charge >= 0.3 is 0 Å². The smallest absolute Gasteiger partial charge is 0.248 e. The Morgan fingerprint density at radius 1 is 1.14 bits per heavy atom. The molecule has 1 amide bonds. The highest BCUT2D eigenvalue weighted by Gasteiger charge is 2.02. The molecule has 110 valence electrons. The predicted molar refractivity (Wildman–Crippen MR) is 90.1 cm³/mol. The number of rotatable bonds is 3. The van der Waals surface area contributed by atoms with Gasteiger partial charge in [0.25, 0.3) is 0 Å². The Bertz CT molecular complexity index is 847. The first-order chi connectivity index (χ1) is 10.6. The average Bonchev–Trinajstić information content (AvgIpc) is 2.89. The number of carbonyl (C=O) groups is 1. The van der Waals surface area contributed by atoms with Crippen LogP contribution in [0.3, 0.4) is 0 Å². The fourth-order valence-electron chi connectivity index (χ4n) is 2.14. The fraction of sp³-hybridized carbons (Fsp3) is 0.0556. The number of hydrogen-bond donors (Lipinski definition) is 1. The van der Waals surface area contributed by atoms with Crippen LogP contribution in [0.5, 0.6) is 0 Å². The van der Waals surface area contributed by atoms with Gasteiger partial charge in [0.15, 0.2) is 0 Å². The van der Waals surface area contributed by atoms with Crippen LogP contribution >= 0.6 is 11.6 Å². The molecule has 0 spiro atoms. The van der Waals surface area contributed by atoms with Crippen molar-refractivity contribution in [2.24, 2.45) is 0 Å². The molecule has 0 atom stereocenters. The van der Waals surface area contributed by atoms with Gasteiger partial charge in [0.2, 0.25) is 5.91 Å². The van der Waals surface area contributed by atoms with Gasteiger partial charge in [-0.1, -0.05) is 23.2 Å². The zero-order chi connectivity index (χ0) is 15.5. The fourth-order valence-corrected chi connectivity index (χ4v) is 2.27. The van der Waals surface area contributed by atoms with Gasteiger partial charge in [-0.05, 0) is 55.5 Å². The third kappa shape index (κ3) is 3.38. The Labute approximate surface area is 133 Å². The molecule has 2 aromatic carbocycles. The molecule has 3 rings (SSSR count). The van der Waals surface area contributed by atoms with Crippen LogP contribution in [-0.2, 0) is 4.79 Å². The van der Waals surface area contributed by atoms with E-state index >= 15 is 0 Å². The summed E-state index contributed by atoms with van der Waals surface area (Å²) >= 11 is 5.80. The minimum Gasteiger partial charge on any atom is -0.457 e. The van der Waals surface area contributed by atoms with E-state index in [1.54, 1.807) is 30.3 Å². The summed E-state index contributed by atoms with van der Waals surface area (Å²) in [5.74, 6) is 0.422. The predicted octanol–water partition coefficient (Wildman–Crippen LogP) is 5.05. The van der Waals surface area contributed by atoms with Gasteiger partial charge in [-0.2, -0.15) is 0 Å². The maximum Gasteiger partial charge on any atom is 0.248 e. The van der Waals surface area contributed by atoms with Crippen LogP contribution in [0.15, 0.2) is 59.0 Å². The molecule has 0 saturated heterocycles. The lowest BCUT2D eigenvalue weighted by Crippen LogP contribution is -2.07. The van der Waals surface area contributed by atoms with Crippen LogP contribution < -0.4 is 5.32 Å². The van der Waals surface area contributed by atoms with Gasteiger partial charge in [-0.15, -0.1) is 0 Å². The maximum atomic E-state index is 11.9. The van der Waals surface area contributed by atoms with E-state index in [0.717, 1.165) is 11.0 Å². The van der Waals surface area contributed by atoms with Gasteiger partial charge in [-0.25, -0.2) is 0 Å². The number of amides is 1. The van der Waals surface area contributed by atoms with Crippen molar-refractivity contribution in [2.45, 2.75) is 6.92 Å². The Hall–Kier alpha value is -2.52. The Morgan fingerprint density at radius 3 is 2.68 bits per heavy atom. The minimum atomic E-state index is -0.223. The lowest BCUT2D eigenvalue weighted by Gasteiger charge is -2.01. The molecule has 1 aromatic heterocycles. The van der Waals surface area contributed by atoms with E-state index < -0.39 is 0 Å². The summed E-state index contributed by atoms with van der Waals surface area (Å²) in [5.41, 5.74) is 2.67. The summed E-state index contributed by atoms with van der Waals surface area (Å²) in [7, 11) is 0. The molecule has 22 heavy (non-hydrogen) atoms. The van der Waals surface area contributed by atoms with Gasteiger partial charge < -0.3 is 9.73 Å². The molecule has 3 aromatic rings. The molecule has 0 saturated carbocycles. The Kier molecular flexibility index (Phi) is 3.98. The molecule has 0 radical (unpaired) electrons. The molecule has 0 fully saturated rings. The number of benzene rings is 2. The first-order valence-corrected chi connectivity index (χ1v) is 7.23. The quantitative estimate of drug-likeness (QED) is 0.688. The van der Waals surface area contributed by atoms with Crippen LogP contribution in [-0.4, -0.2) is 5.91 Å². The van der Waals surface area contributed by atoms with E-state index in [-0.39, 0.29) is 5.91 Å². The van der Waals surface area contributed by atoms with E-state index in [4.69, 9.17) is 16.0 Å². The van der Waals surface area contributed by atoms with Crippen molar-refractivity contribution in [2.75, 3.05) is 5.32 Å². The third-order valence-electron chi connectivity index (χ3n) is 3.20. The number of nitrogens with one attached hydrogen (secondary N) is 1. The number of fused-ring (bicyclic) bond motifs is 1. The second-order valence-corrected chi connectivity index (χ2v) is 5.46. The normalized spacial score (nSPS) is 11.2. The van der Waals surface area contributed by atoms with E-state index in [2.05, 4.69) is 5.32 Å². The molecule has 0 unspecified atom stereocenters. The highest BCUT2D eigenvalue weighted by Crippen LogP contribution is 2.21. The van der Waals surface area contributed by atoms with Crippen molar-refractivity contribution in [3.05, 3.63) is 71.0 Å². The topological polar surface area (TPSA) is 42.2 Å². The van der Waals surface area contributed by atoms with E-state index in [1.165, 1.54) is 11.6 Å². The molecule has 0 bridgehead atoms. The lowest BCUT2D eigenvalue weighted by molar-refractivity contribution is -0.111. The van der Waals surface area contributed by atoms with E-state index in [0.29, 0.717) is 16.5 Å². The summed E-state index contributed by atoms with van der Waals surface area (Å²) in [5, 5.41) is 4.41. The Balaban J connectivity index is 1.71. The molecule has 0 aliphatic carbocycles. The lowest BCUT2D eigenvalue weighted by atomic mass is 10.2. The monoisotopic (exact) mass is 311 g/mol. The highest BCUT2D eigenvalue weighted by molar-refractivity contribution is 6.30. The third-order valence-corrected chi connectivity index (χ3v) is 3.45. The second kappa shape index (κ2) is 6.08. The number of carbonyl (C=O) groups excluding carboxylic acids is 1. The zero-order valence-electron chi connectivity index (χ0n) is 12.0. The van der Waals surface area contributed by atoms with Gasteiger partial charge in [0, 0.05) is 22.2 Å². The summed E-state index contributed by atoms with van der Waals surface area (Å²) in [6.45, 7) is 2.03. The first kappa shape index (κ1) is 14.4. The van der Waals surface area contributed by atoms with Crippen LogP contribution in [0.2, 0.25) is 5.02 Å². The second-order valence-electron chi connectivity index (χ2n) is 5.02. The molecule has 1 heterocycles. The molecule has 1 N–H and O–H groups in total. The molecule has 0 aliphatic rings. The molecular weight excluding hydrogens is 298 g/mol. The number of aryl methyl sites for hydroxylation is 1. The minimum absolute atomic E-state index is 0.223. The van der Waals surface area contributed by atoms with Crippen molar-refractivity contribution in [1.29, 1.82) is 0 Å². The van der Waals surface area contributed by atoms with Crippen molar-refractivity contribution in [3.8, 4) is 0 Å². The molecular formula is C18H14ClNO2. The average molecular weight is 312 g/mol. The largest absolute Gasteiger partial charge is 0.457 e. The zero-order valence-corrected chi connectivity index (χ0v) is 12.7. The van der Waals surface area contributed by atoms with Gasteiger partial charge in [-0.3, -0.25) is 4.79 Å². The van der Waals surface area contributed by atoms with Crippen LogP contribution in [0, 0.1) is 6.92 Å². The van der Waals surface area contributed by atoms with E-state index in [9.17, 15) is 4.79 Å². The number of anilines is 1. The van der Waals surface area contributed by atoms with Crippen molar-refractivity contribution in [3.63, 3.8) is 0 Å². The van der Waals surface area contributed by atoms with E-state index in [1.807, 2.05) is 31.2 Å². The number of halogens is 1. The number of hydrogen-bond acceptors (Lipinski definition) is 2. The SMILES string of the molecule is Cc1ccc2oc(/C=C/C(=O)Nc3ccc(Cl)cc3)cc2c1. The molecule has 0 aliphatic heterocycles. The first-order valence-electron chi connectivity index (χ1n) is 6.85. The van der Waals surface area contributed by atoms with Gasteiger partial charge in [0.1, 0.15) is 11.3 Å². The standard InChI is InChI=1S/C18H14ClNO2/c1-12-2-8-17-13(10-12)11-16(22-17)7-9-18(21)20-15-5-3-14(19)4-6-15/h2-11H,1H3,(H,20,21)/b9-7+. The number of furan rings is 1. The van der Waals surface area contributed by atoms with Gasteiger partial charge in [0.05, 0.1) is 0 Å². The summed E-state index contributed by atoms with van der Waals surface area (Å²) in [6.07, 6.45) is 3.10. The molecule has 3 nitrogen and oxygen atoms in total. The van der Waals surface area contributed by atoms with Crippen LogP contribution in [0.4, 0.5) is 5.69 Å².